The van der Waals surface area contributed by atoms with Crippen LogP contribution in [0.25, 0.3) is 0 Å². The fourth-order valence-electron chi connectivity index (χ4n) is 1.79. The lowest BCUT2D eigenvalue weighted by molar-refractivity contribution is -0.174. The van der Waals surface area contributed by atoms with E-state index in [1.165, 1.54) is 20.1 Å². The Balaban J connectivity index is 0.00000361. The van der Waals surface area contributed by atoms with Crippen LogP contribution < -0.4 is 10.5 Å². The summed E-state index contributed by atoms with van der Waals surface area (Å²) in [6.45, 7) is 0.957. The van der Waals surface area contributed by atoms with Crippen LogP contribution in [0, 0.1) is 0 Å². The molecule has 20 heavy (non-hydrogen) atoms. The zero-order chi connectivity index (χ0) is 14.5. The quantitative estimate of drug-likeness (QED) is 0.819. The first-order valence-corrected chi connectivity index (χ1v) is 5.87. The first-order chi connectivity index (χ1) is 8.98. The molecule has 1 rings (SSSR count). The van der Waals surface area contributed by atoms with Crippen molar-refractivity contribution in [1.82, 2.24) is 0 Å². The van der Waals surface area contributed by atoms with Crippen LogP contribution in [0.3, 0.4) is 0 Å². The van der Waals surface area contributed by atoms with E-state index < -0.39 is 24.4 Å². The summed E-state index contributed by atoms with van der Waals surface area (Å²) in [5.41, 5.74) is 5.59. The largest absolute Gasteiger partial charge is 0.496 e. The molecule has 0 bridgehead atoms. The predicted molar refractivity (Wildman–Crippen MR) is 73.6 cm³/mol. The zero-order valence-electron chi connectivity index (χ0n) is 11.3. The van der Waals surface area contributed by atoms with E-state index in [2.05, 4.69) is 4.74 Å². The number of rotatable bonds is 6. The van der Waals surface area contributed by atoms with Crippen molar-refractivity contribution in [3.8, 4) is 5.75 Å². The number of methoxy groups -OCH3 is 1. The monoisotopic (exact) mass is 309 g/mol. The van der Waals surface area contributed by atoms with Crippen LogP contribution in [-0.4, -0.2) is 32.2 Å². The molecule has 0 heterocycles. The molecule has 0 aliphatic heterocycles. The Hall–Kier alpha value is -1.40. The molecule has 0 saturated carbocycles. The number of carbonyl (C=O) groups excluding carboxylic acids is 1. The number of hydrogen-bond acceptors (Lipinski definition) is 4. The van der Waals surface area contributed by atoms with Crippen molar-refractivity contribution in [2.45, 2.75) is 18.8 Å². The molecule has 0 aliphatic carbocycles. The summed E-state index contributed by atoms with van der Waals surface area (Å²) in [4.78, 5) is 11.4. The van der Waals surface area contributed by atoms with E-state index in [1.807, 2.05) is 0 Å². The summed E-state index contributed by atoms with van der Waals surface area (Å²) in [6.07, 6.45) is 0. The first kappa shape index (κ1) is 18.6. The van der Waals surface area contributed by atoms with Crippen molar-refractivity contribution in [3.05, 3.63) is 29.8 Å². The van der Waals surface area contributed by atoms with Crippen molar-refractivity contribution in [2.75, 3.05) is 20.3 Å². The minimum atomic E-state index is -3.70. The summed E-state index contributed by atoms with van der Waals surface area (Å²) in [5.74, 6) is -6.49. The van der Waals surface area contributed by atoms with Gasteiger partial charge in [0.25, 0.3) is 0 Å². The maximum Gasteiger partial charge on any atom is 0.377 e. The molecule has 1 aromatic rings. The zero-order valence-corrected chi connectivity index (χ0v) is 12.1. The van der Waals surface area contributed by atoms with Gasteiger partial charge in [-0.15, -0.1) is 12.4 Å². The van der Waals surface area contributed by atoms with Gasteiger partial charge in [-0.3, -0.25) is 0 Å². The standard InChI is InChI=1S/C13H17F2NO3.ClH/c1-3-19-12(17)13(14,15)10(8-16)9-6-4-5-7-11(9)18-2;/h4-7,10H,3,8,16H2,1-2H3;1H. The third kappa shape index (κ3) is 3.80. The van der Waals surface area contributed by atoms with E-state index in [4.69, 9.17) is 10.5 Å². The van der Waals surface area contributed by atoms with Crippen LogP contribution >= 0.6 is 12.4 Å². The Labute approximate surface area is 122 Å². The molecule has 114 valence electrons. The van der Waals surface area contributed by atoms with E-state index in [1.54, 1.807) is 18.2 Å². The van der Waals surface area contributed by atoms with Gasteiger partial charge in [-0.1, -0.05) is 18.2 Å². The summed E-state index contributed by atoms with van der Waals surface area (Å²) in [7, 11) is 1.37. The lowest BCUT2D eigenvalue weighted by Gasteiger charge is -2.25. The number of esters is 1. The molecule has 0 amide bonds. The molecule has 0 spiro atoms. The topological polar surface area (TPSA) is 61.5 Å². The normalized spacial score (nSPS) is 12.2. The van der Waals surface area contributed by atoms with Crippen molar-refractivity contribution >= 4 is 18.4 Å². The Morgan fingerprint density at radius 1 is 1.40 bits per heavy atom. The van der Waals surface area contributed by atoms with Gasteiger partial charge in [-0.25, -0.2) is 4.79 Å². The maximum absolute atomic E-state index is 14.1. The highest BCUT2D eigenvalue weighted by Crippen LogP contribution is 2.38. The number of halogens is 3. The molecule has 2 N–H and O–H groups in total. The van der Waals surface area contributed by atoms with E-state index in [0.29, 0.717) is 0 Å². The van der Waals surface area contributed by atoms with Gasteiger partial charge >= 0.3 is 11.9 Å². The average molecular weight is 310 g/mol. The van der Waals surface area contributed by atoms with Crippen molar-refractivity contribution < 1.29 is 23.0 Å². The Bertz CT molecular complexity index is 443. The number of nitrogens with two attached hydrogens (primary N) is 1. The molecule has 1 atom stereocenters. The van der Waals surface area contributed by atoms with Crippen LogP contribution in [-0.2, 0) is 9.53 Å². The summed E-state index contributed by atoms with van der Waals surface area (Å²) in [6, 6.07) is 6.24. The number of alkyl halides is 2. The maximum atomic E-state index is 14.1. The molecule has 7 heteroatoms. The number of benzene rings is 1. The minimum absolute atomic E-state index is 0. The van der Waals surface area contributed by atoms with E-state index in [9.17, 15) is 13.6 Å². The molecule has 0 aromatic heterocycles. The average Bonchev–Trinajstić information content (AvgIpc) is 2.40. The van der Waals surface area contributed by atoms with E-state index >= 15 is 0 Å². The second-order valence-electron chi connectivity index (χ2n) is 3.87. The minimum Gasteiger partial charge on any atom is -0.496 e. The number of para-hydroxylation sites is 1. The van der Waals surface area contributed by atoms with E-state index in [-0.39, 0.29) is 30.3 Å². The van der Waals surface area contributed by atoms with Crippen molar-refractivity contribution in [3.63, 3.8) is 0 Å². The van der Waals surface area contributed by atoms with Crippen LogP contribution in [0.15, 0.2) is 24.3 Å². The highest BCUT2D eigenvalue weighted by Gasteiger charge is 2.49. The molecule has 0 radical (unpaired) electrons. The lowest BCUT2D eigenvalue weighted by atomic mass is 9.91. The fourth-order valence-corrected chi connectivity index (χ4v) is 1.79. The lowest BCUT2D eigenvalue weighted by Crippen LogP contribution is -2.41. The SMILES string of the molecule is CCOC(=O)C(F)(F)C(CN)c1ccccc1OC.Cl. The number of carbonyl (C=O) groups is 1. The third-order valence-corrected chi connectivity index (χ3v) is 2.74. The second-order valence-corrected chi connectivity index (χ2v) is 3.87. The third-order valence-electron chi connectivity index (χ3n) is 2.74. The fraction of sp³-hybridized carbons (Fsp3) is 0.462. The van der Waals surface area contributed by atoms with Gasteiger partial charge < -0.3 is 15.2 Å². The van der Waals surface area contributed by atoms with Crippen molar-refractivity contribution in [1.29, 1.82) is 0 Å². The Kier molecular flexibility index (Phi) is 7.45. The molecule has 0 aliphatic rings. The molecular formula is C13H18ClF2NO3. The van der Waals surface area contributed by atoms with Gasteiger partial charge in [0, 0.05) is 12.1 Å². The van der Waals surface area contributed by atoms with E-state index in [0.717, 1.165) is 0 Å². The summed E-state index contributed by atoms with van der Waals surface area (Å²) in [5, 5.41) is 0. The van der Waals surface area contributed by atoms with Gasteiger partial charge in [0.1, 0.15) is 5.75 Å². The molecule has 1 unspecified atom stereocenters. The summed E-state index contributed by atoms with van der Waals surface area (Å²) >= 11 is 0. The smallest absolute Gasteiger partial charge is 0.377 e. The van der Waals surface area contributed by atoms with Crippen LogP contribution in [0.1, 0.15) is 18.4 Å². The van der Waals surface area contributed by atoms with Gasteiger partial charge in [0.15, 0.2) is 0 Å². The highest BCUT2D eigenvalue weighted by molar-refractivity contribution is 5.85. The predicted octanol–water partition coefficient (Wildman–Crippen LogP) is 2.36. The van der Waals surface area contributed by atoms with Crippen molar-refractivity contribution in [2.24, 2.45) is 5.73 Å². The first-order valence-electron chi connectivity index (χ1n) is 5.87. The Morgan fingerprint density at radius 3 is 2.50 bits per heavy atom. The number of ether oxygens (including phenoxy) is 2. The van der Waals surface area contributed by atoms with Crippen LogP contribution in [0.4, 0.5) is 8.78 Å². The number of hydrogen-bond donors (Lipinski definition) is 1. The van der Waals surface area contributed by atoms with Crippen LogP contribution in [0.2, 0.25) is 0 Å². The van der Waals surface area contributed by atoms with Crippen LogP contribution in [0.5, 0.6) is 5.75 Å². The van der Waals surface area contributed by atoms with Gasteiger partial charge in [-0.05, 0) is 13.0 Å². The molecule has 1 aromatic carbocycles. The Morgan fingerprint density at radius 2 is 2.00 bits per heavy atom. The van der Waals surface area contributed by atoms with Gasteiger partial charge in [0.05, 0.1) is 19.6 Å². The molecular weight excluding hydrogens is 292 g/mol. The highest BCUT2D eigenvalue weighted by atomic mass is 35.5. The molecule has 0 saturated heterocycles. The van der Waals surface area contributed by atoms with Gasteiger partial charge in [-0.2, -0.15) is 8.78 Å². The summed E-state index contributed by atoms with van der Waals surface area (Å²) < 4.78 is 37.5. The molecule has 4 nitrogen and oxygen atoms in total. The second kappa shape index (κ2) is 8.01. The molecule has 0 fully saturated rings. The van der Waals surface area contributed by atoms with Gasteiger partial charge in [0.2, 0.25) is 0 Å².